The van der Waals surface area contributed by atoms with E-state index in [0.717, 1.165) is 53.6 Å². The zero-order valence-electron chi connectivity index (χ0n) is 18.9. The molecule has 1 aromatic heterocycles. The van der Waals surface area contributed by atoms with E-state index in [1.165, 1.54) is 6.92 Å². The van der Waals surface area contributed by atoms with Gasteiger partial charge in [-0.25, -0.2) is 4.79 Å². The van der Waals surface area contributed by atoms with Crippen molar-refractivity contribution in [2.45, 2.75) is 45.4 Å². The van der Waals surface area contributed by atoms with E-state index in [1.54, 1.807) is 18.2 Å². The Morgan fingerprint density at radius 1 is 1.23 bits per heavy atom. The first-order valence-electron chi connectivity index (χ1n) is 10.9. The van der Waals surface area contributed by atoms with E-state index in [1.807, 2.05) is 5.32 Å². The standard InChI is InChI=1S/C24H22F3N3O5/c1-12-3-6-19-16(9-12)17-10-14(4-7-20(17)28-19)23(32)35-13(2)22(31)29-21-8-5-15(30(33)34)11-18(21)24(25,26)27/h4-5,7-8,10-13,28H,3,6,9H2,1-2H3,(H,29,31)/t12-,13-/m0/s1. The molecule has 8 nitrogen and oxygen atoms in total. The lowest BCUT2D eigenvalue weighted by Gasteiger charge is -2.18. The number of esters is 1. The van der Waals surface area contributed by atoms with Gasteiger partial charge in [-0.15, -0.1) is 0 Å². The van der Waals surface area contributed by atoms with Gasteiger partial charge in [-0.2, -0.15) is 13.2 Å². The molecule has 2 atom stereocenters. The van der Waals surface area contributed by atoms with Gasteiger partial charge in [-0.3, -0.25) is 14.9 Å². The maximum atomic E-state index is 13.4. The van der Waals surface area contributed by atoms with E-state index in [2.05, 4.69) is 11.9 Å². The second kappa shape index (κ2) is 9.05. The van der Waals surface area contributed by atoms with Crippen LogP contribution in [-0.2, 0) is 28.5 Å². The van der Waals surface area contributed by atoms with Gasteiger partial charge >= 0.3 is 12.1 Å². The quantitative estimate of drug-likeness (QED) is 0.283. The van der Waals surface area contributed by atoms with E-state index >= 15 is 0 Å². The molecular formula is C24H22F3N3O5. The third-order valence-corrected chi connectivity index (χ3v) is 6.10. The highest BCUT2D eigenvalue weighted by molar-refractivity contribution is 6.00. The first kappa shape index (κ1) is 24.2. The number of nitro benzene ring substituents is 1. The summed E-state index contributed by atoms with van der Waals surface area (Å²) in [6.45, 7) is 3.39. The fourth-order valence-electron chi connectivity index (χ4n) is 4.22. The number of hydrogen-bond acceptors (Lipinski definition) is 5. The lowest BCUT2D eigenvalue weighted by atomic mass is 9.87. The van der Waals surface area contributed by atoms with Crippen LogP contribution >= 0.6 is 0 Å². The van der Waals surface area contributed by atoms with Gasteiger partial charge < -0.3 is 15.0 Å². The zero-order valence-corrected chi connectivity index (χ0v) is 18.9. The summed E-state index contributed by atoms with van der Waals surface area (Å²) < 4.78 is 45.3. The van der Waals surface area contributed by atoms with Crippen LogP contribution in [0.25, 0.3) is 10.9 Å². The van der Waals surface area contributed by atoms with Crippen LogP contribution in [0.2, 0.25) is 0 Å². The molecule has 0 unspecified atom stereocenters. The SMILES string of the molecule is C[C@H]1CCc2[nH]c3ccc(C(=O)O[C@@H](C)C(=O)Nc4ccc([N+](=O)[O-])cc4C(F)(F)F)cc3c2C1. The molecule has 2 N–H and O–H groups in total. The van der Waals surface area contributed by atoms with Crippen LogP contribution in [0.3, 0.4) is 0 Å². The average molecular weight is 489 g/mol. The number of rotatable bonds is 5. The molecule has 35 heavy (non-hydrogen) atoms. The number of nitrogens with one attached hydrogen (secondary N) is 2. The molecule has 0 bridgehead atoms. The highest BCUT2D eigenvalue weighted by atomic mass is 19.4. The van der Waals surface area contributed by atoms with Crippen molar-refractivity contribution >= 4 is 34.2 Å². The maximum Gasteiger partial charge on any atom is 0.418 e. The first-order valence-corrected chi connectivity index (χ1v) is 10.9. The minimum atomic E-state index is -4.95. The molecule has 1 aliphatic rings. The van der Waals surface area contributed by atoms with Gasteiger partial charge in [0.05, 0.1) is 21.7 Å². The molecule has 11 heteroatoms. The number of hydrogen-bond donors (Lipinski definition) is 2. The number of amides is 1. The van der Waals surface area contributed by atoms with Crippen molar-refractivity contribution in [3.63, 3.8) is 0 Å². The average Bonchev–Trinajstić information content (AvgIpc) is 3.15. The van der Waals surface area contributed by atoms with Gasteiger partial charge in [0, 0.05) is 28.7 Å². The Morgan fingerprint density at radius 2 is 1.97 bits per heavy atom. The number of anilines is 1. The molecule has 0 saturated heterocycles. The number of nitrogens with zero attached hydrogens (tertiary/aromatic N) is 1. The molecule has 184 valence electrons. The van der Waals surface area contributed by atoms with Crippen LogP contribution in [0.5, 0.6) is 0 Å². The number of alkyl halides is 3. The number of carbonyl (C=O) groups is 2. The number of non-ortho nitro benzene ring substituents is 1. The number of nitro groups is 1. The van der Waals surface area contributed by atoms with Gasteiger partial charge in [0.25, 0.3) is 11.6 Å². The van der Waals surface area contributed by atoms with Crippen LogP contribution in [0, 0.1) is 16.0 Å². The second-order valence-corrected chi connectivity index (χ2v) is 8.71. The molecule has 1 amide bonds. The third kappa shape index (κ3) is 4.98. The van der Waals surface area contributed by atoms with Crippen molar-refractivity contribution < 1.29 is 32.4 Å². The summed E-state index contributed by atoms with van der Waals surface area (Å²) >= 11 is 0. The van der Waals surface area contributed by atoms with Crippen molar-refractivity contribution in [1.82, 2.24) is 4.98 Å². The minimum Gasteiger partial charge on any atom is -0.449 e. The highest BCUT2D eigenvalue weighted by Crippen LogP contribution is 2.37. The van der Waals surface area contributed by atoms with Crippen LogP contribution in [0.15, 0.2) is 36.4 Å². The molecule has 2 aromatic carbocycles. The number of carbonyl (C=O) groups excluding carboxylic acids is 2. The monoisotopic (exact) mass is 489 g/mol. The Balaban J connectivity index is 1.50. The van der Waals surface area contributed by atoms with E-state index in [0.29, 0.717) is 12.0 Å². The Labute approximate surface area is 197 Å². The van der Waals surface area contributed by atoms with Gasteiger partial charge in [-0.1, -0.05) is 6.92 Å². The normalized spacial score (nSPS) is 16.4. The molecule has 1 aliphatic carbocycles. The smallest absolute Gasteiger partial charge is 0.418 e. The van der Waals surface area contributed by atoms with Crippen LogP contribution < -0.4 is 5.32 Å². The summed E-state index contributed by atoms with van der Waals surface area (Å²) in [6, 6.07) is 6.96. The summed E-state index contributed by atoms with van der Waals surface area (Å²) in [4.78, 5) is 38.4. The van der Waals surface area contributed by atoms with Crippen LogP contribution in [0.1, 0.15) is 47.4 Å². The summed E-state index contributed by atoms with van der Waals surface area (Å²) in [5.74, 6) is -1.29. The Morgan fingerprint density at radius 3 is 2.66 bits per heavy atom. The minimum absolute atomic E-state index is 0.212. The van der Waals surface area contributed by atoms with Gasteiger partial charge in [0.1, 0.15) is 0 Å². The zero-order chi connectivity index (χ0) is 25.5. The number of H-pyrrole nitrogens is 1. The number of fused-ring (bicyclic) bond motifs is 3. The van der Waals surface area contributed by atoms with Crippen molar-refractivity contribution in [3.05, 3.63) is 68.9 Å². The van der Waals surface area contributed by atoms with Crippen molar-refractivity contribution in [2.75, 3.05) is 5.32 Å². The summed E-state index contributed by atoms with van der Waals surface area (Å²) in [5.41, 5.74) is 0.567. The van der Waals surface area contributed by atoms with E-state index in [4.69, 9.17) is 4.74 Å². The Bertz CT molecular complexity index is 1330. The van der Waals surface area contributed by atoms with E-state index in [-0.39, 0.29) is 5.56 Å². The number of benzene rings is 2. The number of aromatic nitrogens is 1. The fourth-order valence-corrected chi connectivity index (χ4v) is 4.22. The van der Waals surface area contributed by atoms with Crippen molar-refractivity contribution in [1.29, 1.82) is 0 Å². The lowest BCUT2D eigenvalue weighted by molar-refractivity contribution is -0.385. The van der Waals surface area contributed by atoms with Crippen LogP contribution in [-0.4, -0.2) is 27.9 Å². The molecule has 4 rings (SSSR count). The Kier molecular flexibility index (Phi) is 6.27. The van der Waals surface area contributed by atoms with Crippen LogP contribution in [0.4, 0.5) is 24.5 Å². The number of halogens is 3. The summed E-state index contributed by atoms with van der Waals surface area (Å²) in [5, 5.41) is 13.8. The summed E-state index contributed by atoms with van der Waals surface area (Å²) in [6.07, 6.45) is -3.49. The number of aromatic amines is 1. The second-order valence-electron chi connectivity index (χ2n) is 8.71. The molecule has 0 spiro atoms. The molecule has 3 aromatic rings. The van der Waals surface area contributed by atoms with Gasteiger partial charge in [-0.05, 0) is 61.9 Å². The molecule has 0 radical (unpaired) electrons. The van der Waals surface area contributed by atoms with E-state index in [9.17, 15) is 32.9 Å². The lowest BCUT2D eigenvalue weighted by Crippen LogP contribution is -2.30. The van der Waals surface area contributed by atoms with Crippen molar-refractivity contribution in [2.24, 2.45) is 5.92 Å². The number of ether oxygens (including phenoxy) is 1. The predicted octanol–water partition coefficient (Wildman–Crippen LogP) is 5.40. The molecule has 0 saturated carbocycles. The summed E-state index contributed by atoms with van der Waals surface area (Å²) in [7, 11) is 0. The molecule has 1 heterocycles. The maximum absolute atomic E-state index is 13.4. The molecular weight excluding hydrogens is 467 g/mol. The number of aryl methyl sites for hydroxylation is 1. The molecule has 0 aliphatic heterocycles. The first-order chi connectivity index (χ1) is 16.4. The predicted molar refractivity (Wildman–Crippen MR) is 121 cm³/mol. The topological polar surface area (TPSA) is 114 Å². The Hall–Kier alpha value is -3.89. The fraction of sp³-hybridized carbons (Fsp3) is 0.333. The third-order valence-electron chi connectivity index (χ3n) is 6.10. The van der Waals surface area contributed by atoms with Crippen molar-refractivity contribution in [3.8, 4) is 0 Å². The largest absolute Gasteiger partial charge is 0.449 e. The van der Waals surface area contributed by atoms with Gasteiger partial charge in [0.2, 0.25) is 0 Å². The highest BCUT2D eigenvalue weighted by Gasteiger charge is 2.36. The van der Waals surface area contributed by atoms with Gasteiger partial charge in [0.15, 0.2) is 6.10 Å². The van der Waals surface area contributed by atoms with E-state index < -0.39 is 46.0 Å². The molecule has 0 fully saturated rings.